The number of imide groups is 1. The highest BCUT2D eigenvalue weighted by molar-refractivity contribution is 7.70. The molecule has 1 atom stereocenters. The number of fused-ring (bicyclic) bond motifs is 1. The van der Waals surface area contributed by atoms with Crippen molar-refractivity contribution in [2.75, 3.05) is 86.7 Å². The number of hydrogen-bond acceptors (Lipinski definition) is 13. The van der Waals surface area contributed by atoms with Crippen molar-refractivity contribution >= 4 is 81.4 Å². The molecular weight excluding hydrogens is 999 g/mol. The number of anilines is 6. The van der Waals surface area contributed by atoms with E-state index in [0.29, 0.717) is 57.0 Å². The highest BCUT2D eigenvalue weighted by Gasteiger charge is 2.39. The highest BCUT2D eigenvalue weighted by atomic mass is 35.5. The number of nitrogens with zero attached hydrogens (tertiary/aromatic N) is 9. The largest absolute Gasteiger partial charge is 0.494 e. The number of aryl methyl sites for hydroxylation is 2. The SMILES string of the molecule is COc1cc(N2CCC(CN3CCC4(CC3)CCN(c3cccc5c3n(C)c(=O)n5C3CCC(=O)NC3=O)CC4)CC2)c(-c2cnn(C)c2)cc1Nc1ncc(Cl)c(Nc2ccc(-c3ccccc3)cc2P(C)(C)=O)n1. The monoisotopic (exact) mass is 1060 g/mol. The van der Waals surface area contributed by atoms with E-state index in [2.05, 4.69) is 58.9 Å². The molecule has 4 aliphatic heterocycles. The molecule has 4 aromatic carbocycles. The number of carbonyl (C=O) groups excluding carboxylic acids is 2. The Morgan fingerprint density at radius 1 is 0.789 bits per heavy atom. The minimum Gasteiger partial charge on any atom is -0.494 e. The molecule has 1 unspecified atom stereocenters. The van der Waals surface area contributed by atoms with Crippen molar-refractivity contribution in [3.63, 3.8) is 0 Å². The van der Waals surface area contributed by atoms with E-state index in [-0.39, 0.29) is 18.0 Å². The maximum Gasteiger partial charge on any atom is 0.329 e. The van der Waals surface area contributed by atoms with Gasteiger partial charge in [-0.25, -0.2) is 9.78 Å². The predicted octanol–water partition coefficient (Wildman–Crippen LogP) is 9.17. The highest BCUT2D eigenvalue weighted by Crippen LogP contribution is 2.46. The molecule has 2 amide bonds. The minimum absolute atomic E-state index is 0.217. The first-order chi connectivity index (χ1) is 36.6. The van der Waals surface area contributed by atoms with Crippen LogP contribution in [-0.2, 0) is 28.2 Å². The topological polar surface area (TPSA) is 177 Å². The second-order valence-electron chi connectivity index (χ2n) is 21.6. The second kappa shape index (κ2) is 20.9. The fourth-order valence-corrected chi connectivity index (χ4v) is 13.4. The van der Waals surface area contributed by atoms with Gasteiger partial charge in [0.1, 0.15) is 24.0 Å². The number of ether oxygens (including phenoxy) is 1. The normalized spacial score (nSPS) is 18.6. The third kappa shape index (κ3) is 10.2. The smallest absolute Gasteiger partial charge is 0.329 e. The van der Waals surface area contributed by atoms with E-state index in [1.54, 1.807) is 42.8 Å². The number of benzene rings is 4. The van der Waals surface area contributed by atoms with Gasteiger partial charge in [0.2, 0.25) is 17.8 Å². The summed E-state index contributed by atoms with van der Waals surface area (Å²) < 4.78 is 24.8. The summed E-state index contributed by atoms with van der Waals surface area (Å²) in [5.41, 5.74) is 9.12. The van der Waals surface area contributed by atoms with Gasteiger partial charge in [0.15, 0.2) is 5.82 Å². The summed E-state index contributed by atoms with van der Waals surface area (Å²) >= 11 is 6.73. The number of aromatic nitrogens is 6. The van der Waals surface area contributed by atoms with Crippen LogP contribution in [0.5, 0.6) is 5.75 Å². The second-order valence-corrected chi connectivity index (χ2v) is 25.2. The summed E-state index contributed by atoms with van der Waals surface area (Å²) in [5, 5.41) is 14.8. The fourth-order valence-electron chi connectivity index (χ4n) is 12.1. The number of hydrogen-bond donors (Lipinski definition) is 3. The molecule has 0 aliphatic carbocycles. The van der Waals surface area contributed by atoms with Crippen LogP contribution in [0.15, 0.2) is 102 Å². The van der Waals surface area contributed by atoms with Crippen LogP contribution < -0.4 is 41.5 Å². The molecule has 396 valence electrons. The molecule has 17 nitrogen and oxygen atoms in total. The van der Waals surface area contributed by atoms with Gasteiger partial charge in [0.05, 0.1) is 47.6 Å². The number of para-hydroxylation sites is 1. The molecule has 76 heavy (non-hydrogen) atoms. The lowest BCUT2D eigenvalue weighted by atomic mass is 9.71. The first-order valence-electron chi connectivity index (χ1n) is 26.4. The van der Waals surface area contributed by atoms with Gasteiger partial charge in [-0.2, -0.15) is 10.1 Å². The van der Waals surface area contributed by atoms with Gasteiger partial charge in [-0.15, -0.1) is 0 Å². The van der Waals surface area contributed by atoms with Crippen LogP contribution in [0.4, 0.5) is 34.5 Å². The summed E-state index contributed by atoms with van der Waals surface area (Å²) in [6.07, 6.45) is 12.8. The lowest BCUT2D eigenvalue weighted by molar-refractivity contribution is -0.135. The molecule has 4 fully saturated rings. The number of carbonyl (C=O) groups is 2. The Labute approximate surface area is 448 Å². The van der Waals surface area contributed by atoms with E-state index in [4.69, 9.17) is 21.3 Å². The lowest BCUT2D eigenvalue weighted by Crippen LogP contribution is -2.48. The summed E-state index contributed by atoms with van der Waals surface area (Å²) in [6.45, 7) is 10.5. The van der Waals surface area contributed by atoms with E-state index in [1.165, 1.54) is 12.8 Å². The summed E-state index contributed by atoms with van der Waals surface area (Å²) in [4.78, 5) is 55.3. The molecule has 7 aromatic rings. The van der Waals surface area contributed by atoms with Gasteiger partial charge in [-0.05, 0) is 124 Å². The van der Waals surface area contributed by atoms with E-state index >= 15 is 0 Å². The van der Waals surface area contributed by atoms with Gasteiger partial charge < -0.3 is 34.6 Å². The van der Waals surface area contributed by atoms with Gasteiger partial charge in [-0.1, -0.05) is 54.1 Å². The van der Waals surface area contributed by atoms with E-state index in [9.17, 15) is 18.9 Å². The Morgan fingerprint density at radius 2 is 1.53 bits per heavy atom. The summed E-state index contributed by atoms with van der Waals surface area (Å²) in [7, 11) is 2.65. The number of likely N-dealkylation sites (tertiary alicyclic amines) is 1. The zero-order valence-corrected chi connectivity index (χ0v) is 45.5. The Hall–Kier alpha value is -6.94. The summed E-state index contributed by atoms with van der Waals surface area (Å²) in [5.74, 6) is 1.23. The average molecular weight is 1070 g/mol. The quantitative estimate of drug-likeness (QED) is 0.0737. The third-order valence-electron chi connectivity index (χ3n) is 16.4. The van der Waals surface area contributed by atoms with Crippen molar-refractivity contribution in [1.82, 2.24) is 39.1 Å². The number of amides is 2. The van der Waals surface area contributed by atoms with Gasteiger partial charge >= 0.3 is 5.69 Å². The molecule has 3 N–H and O–H groups in total. The van der Waals surface area contributed by atoms with Crippen LogP contribution >= 0.6 is 18.7 Å². The average Bonchev–Trinajstić information content (AvgIpc) is 3.99. The molecule has 11 rings (SSSR count). The van der Waals surface area contributed by atoms with Crippen molar-refractivity contribution in [2.45, 2.75) is 57.4 Å². The van der Waals surface area contributed by atoms with Crippen molar-refractivity contribution < 1.29 is 18.9 Å². The number of nitrogens with one attached hydrogen (secondary N) is 3. The molecule has 1 spiro atoms. The molecule has 0 bridgehead atoms. The molecule has 7 heterocycles. The maximum absolute atomic E-state index is 13.7. The predicted molar refractivity (Wildman–Crippen MR) is 303 cm³/mol. The molecule has 4 aliphatic rings. The first-order valence-corrected chi connectivity index (χ1v) is 29.4. The van der Waals surface area contributed by atoms with Crippen LogP contribution in [0.2, 0.25) is 5.02 Å². The molecule has 4 saturated heterocycles. The van der Waals surface area contributed by atoms with Crippen LogP contribution in [0.3, 0.4) is 0 Å². The fraction of sp³-hybridized carbons (Fsp3) is 0.404. The van der Waals surface area contributed by atoms with E-state index < -0.39 is 19.1 Å². The Kier molecular flexibility index (Phi) is 14.1. The molecule has 0 saturated carbocycles. The Balaban J connectivity index is 0.732. The standard InChI is InChI=1S/C57H66ClN12O5P/c1-65-36-40(33-60-65)41-31-44(62-55-59-34-42(58)53(64-55)61-43-15-14-39(30-50(43)76(4,5)74)38-10-7-6-8-11-38)49(75-3)32-48(41)68-24-18-37(19-25-68)35-67-26-20-57(21-27-67)22-28-69(29-23-57)45-12-9-13-46-52(45)66(2)56(73)70(46)47-16-17-51(71)63-54(47)72/h6-15,30-34,36-37,47H,16-29,35H2,1-5H3,(H,63,71,72)(H2,59,61,62,64). The van der Waals surface area contributed by atoms with Crippen LogP contribution in [0, 0.1) is 11.3 Å². The van der Waals surface area contributed by atoms with E-state index in [0.717, 1.165) is 116 Å². The van der Waals surface area contributed by atoms with E-state index in [1.807, 2.05) is 84.8 Å². The zero-order chi connectivity index (χ0) is 52.9. The number of methoxy groups -OCH3 is 1. The van der Waals surface area contributed by atoms with Crippen LogP contribution in [-0.4, -0.2) is 112 Å². The number of imidazole rings is 1. The minimum atomic E-state index is -2.74. The maximum atomic E-state index is 13.7. The van der Waals surface area contributed by atoms with Crippen LogP contribution in [0.1, 0.15) is 57.4 Å². The Bertz CT molecular complexity index is 3440. The van der Waals surface area contributed by atoms with Gasteiger partial charge in [0, 0.05) is 87.6 Å². The Morgan fingerprint density at radius 3 is 2.22 bits per heavy atom. The number of rotatable bonds is 13. The van der Waals surface area contributed by atoms with Crippen LogP contribution in [0.25, 0.3) is 33.3 Å². The van der Waals surface area contributed by atoms with Crippen molar-refractivity contribution in [2.24, 2.45) is 25.4 Å². The lowest BCUT2D eigenvalue weighted by Gasteiger charge is -2.48. The number of halogens is 1. The van der Waals surface area contributed by atoms with Gasteiger partial charge in [0.25, 0.3) is 0 Å². The molecular formula is C57H66ClN12O5P. The van der Waals surface area contributed by atoms with Crippen molar-refractivity contribution in [3.8, 4) is 28.0 Å². The number of piperidine rings is 4. The molecule has 19 heteroatoms. The zero-order valence-electron chi connectivity index (χ0n) is 43.9. The molecule has 0 radical (unpaired) electrons. The van der Waals surface area contributed by atoms with Crippen molar-refractivity contribution in [3.05, 3.63) is 113 Å². The van der Waals surface area contributed by atoms with Gasteiger partial charge in [-0.3, -0.25) is 28.7 Å². The molecule has 3 aromatic heterocycles. The summed E-state index contributed by atoms with van der Waals surface area (Å²) in [6, 6.07) is 25.4. The first kappa shape index (κ1) is 51.2. The van der Waals surface area contributed by atoms with Crippen molar-refractivity contribution in [1.29, 1.82) is 0 Å². The third-order valence-corrected chi connectivity index (χ3v) is 18.2.